The predicted octanol–water partition coefficient (Wildman–Crippen LogP) is 2.41. The van der Waals surface area contributed by atoms with Gasteiger partial charge in [0.2, 0.25) is 0 Å². The second kappa shape index (κ2) is 13.3. The van der Waals surface area contributed by atoms with E-state index in [0.717, 1.165) is 69.8 Å². The van der Waals surface area contributed by atoms with Gasteiger partial charge in [0, 0.05) is 57.4 Å². The highest BCUT2D eigenvalue weighted by Gasteiger charge is 2.31. The molecular formula is C22H37IN4O3. The maximum atomic E-state index is 5.80. The third-order valence-corrected chi connectivity index (χ3v) is 5.69. The third kappa shape index (κ3) is 7.25. The number of morpholine rings is 1. The Hall–Kier alpha value is -1.10. The molecule has 1 aromatic carbocycles. The number of aryl methyl sites for hydroxylation is 1. The molecule has 7 nitrogen and oxygen atoms in total. The molecule has 3 rings (SSSR count). The fourth-order valence-electron chi connectivity index (χ4n) is 4.06. The summed E-state index contributed by atoms with van der Waals surface area (Å²) in [6.45, 7) is 11.6. The van der Waals surface area contributed by atoms with Crippen molar-refractivity contribution < 1.29 is 14.2 Å². The molecule has 2 aliphatic rings. The van der Waals surface area contributed by atoms with E-state index in [4.69, 9.17) is 14.2 Å². The van der Waals surface area contributed by atoms with Crippen LogP contribution in [0.2, 0.25) is 0 Å². The second-order valence-electron chi connectivity index (χ2n) is 7.69. The summed E-state index contributed by atoms with van der Waals surface area (Å²) in [4.78, 5) is 6.96. The number of aliphatic imine (C=N–C) groups is 1. The average molecular weight is 532 g/mol. The number of guanidine groups is 1. The van der Waals surface area contributed by atoms with E-state index in [9.17, 15) is 0 Å². The van der Waals surface area contributed by atoms with E-state index in [0.29, 0.717) is 25.1 Å². The molecule has 2 heterocycles. The van der Waals surface area contributed by atoms with Gasteiger partial charge in [-0.15, -0.1) is 24.0 Å². The highest BCUT2D eigenvalue weighted by atomic mass is 127. The Morgan fingerprint density at radius 3 is 2.70 bits per heavy atom. The van der Waals surface area contributed by atoms with Crippen molar-refractivity contribution in [3.05, 3.63) is 29.3 Å². The minimum Gasteiger partial charge on any atom is -0.494 e. The molecule has 2 unspecified atom stereocenters. The Morgan fingerprint density at radius 2 is 2.03 bits per heavy atom. The van der Waals surface area contributed by atoms with Crippen molar-refractivity contribution in [2.45, 2.75) is 32.9 Å². The van der Waals surface area contributed by atoms with Gasteiger partial charge >= 0.3 is 0 Å². The highest BCUT2D eigenvalue weighted by Crippen LogP contribution is 2.22. The van der Waals surface area contributed by atoms with Gasteiger partial charge in [-0.3, -0.25) is 9.89 Å². The van der Waals surface area contributed by atoms with Gasteiger partial charge in [-0.05, 0) is 31.9 Å². The number of rotatable bonds is 8. The third-order valence-electron chi connectivity index (χ3n) is 5.69. The van der Waals surface area contributed by atoms with Crippen LogP contribution in [0.4, 0.5) is 0 Å². The number of nitrogens with zero attached hydrogens (tertiary/aromatic N) is 2. The molecular weight excluding hydrogens is 495 g/mol. The first-order valence-electron chi connectivity index (χ1n) is 10.8. The van der Waals surface area contributed by atoms with Gasteiger partial charge in [0.05, 0.1) is 26.4 Å². The van der Waals surface area contributed by atoms with E-state index in [-0.39, 0.29) is 24.0 Å². The highest BCUT2D eigenvalue weighted by molar-refractivity contribution is 14.0. The summed E-state index contributed by atoms with van der Waals surface area (Å²) in [5.41, 5.74) is 2.33. The Balaban J connectivity index is 0.00000320. The molecule has 2 atom stereocenters. The van der Waals surface area contributed by atoms with Crippen LogP contribution in [0.3, 0.4) is 0 Å². The first-order chi connectivity index (χ1) is 14.2. The lowest BCUT2D eigenvalue weighted by atomic mass is 9.97. The quantitative estimate of drug-likeness (QED) is 0.305. The van der Waals surface area contributed by atoms with E-state index in [1.165, 1.54) is 5.56 Å². The molecule has 0 spiro atoms. The number of ether oxygens (including phenoxy) is 3. The van der Waals surface area contributed by atoms with Crippen molar-refractivity contribution in [3.63, 3.8) is 0 Å². The fraction of sp³-hybridized carbons (Fsp3) is 0.682. The van der Waals surface area contributed by atoms with Crippen molar-refractivity contribution in [2.24, 2.45) is 10.9 Å². The van der Waals surface area contributed by atoms with Crippen molar-refractivity contribution in [2.75, 3.05) is 59.7 Å². The number of benzene rings is 1. The average Bonchev–Trinajstić information content (AvgIpc) is 3.27. The summed E-state index contributed by atoms with van der Waals surface area (Å²) in [5, 5.41) is 6.97. The van der Waals surface area contributed by atoms with Crippen LogP contribution in [-0.2, 0) is 16.0 Å². The zero-order chi connectivity index (χ0) is 20.5. The standard InChI is InChI=1S/C22H36N4O3.HI/c1-4-29-21-13-17(2)5-6-18(21)14-24-22(23-3)25-15-20(19-7-10-28-16-19)26-8-11-27-12-9-26;/h5-6,13,19-20H,4,7-12,14-16H2,1-3H3,(H2,23,24,25);1H. The number of halogens is 1. The molecule has 2 fully saturated rings. The SMILES string of the molecule is CCOc1cc(C)ccc1CNC(=NC)NCC(C1CCOC1)N1CCOCC1.I. The van der Waals surface area contributed by atoms with Crippen LogP contribution in [0.25, 0.3) is 0 Å². The first kappa shape index (κ1) is 25.2. The number of nitrogens with one attached hydrogen (secondary N) is 2. The van der Waals surface area contributed by atoms with E-state index in [1.807, 2.05) is 14.0 Å². The van der Waals surface area contributed by atoms with Crippen LogP contribution >= 0.6 is 24.0 Å². The van der Waals surface area contributed by atoms with Gasteiger partial charge in [-0.25, -0.2) is 0 Å². The molecule has 0 bridgehead atoms. The molecule has 0 amide bonds. The number of hydrogen-bond acceptors (Lipinski definition) is 5. The van der Waals surface area contributed by atoms with Gasteiger partial charge in [-0.2, -0.15) is 0 Å². The van der Waals surface area contributed by atoms with Crippen molar-refractivity contribution in [1.82, 2.24) is 15.5 Å². The molecule has 1 aromatic rings. The molecule has 8 heteroatoms. The summed E-state index contributed by atoms with van der Waals surface area (Å²) < 4.78 is 17.0. The molecule has 170 valence electrons. The Bertz CT molecular complexity index is 662. The van der Waals surface area contributed by atoms with Gasteiger partial charge < -0.3 is 24.8 Å². The molecule has 2 N–H and O–H groups in total. The van der Waals surface area contributed by atoms with Crippen LogP contribution in [0, 0.1) is 12.8 Å². The fourth-order valence-corrected chi connectivity index (χ4v) is 4.06. The maximum Gasteiger partial charge on any atom is 0.191 e. The maximum absolute atomic E-state index is 5.80. The molecule has 0 saturated carbocycles. The number of hydrogen-bond donors (Lipinski definition) is 2. The molecule has 2 aliphatic heterocycles. The van der Waals surface area contributed by atoms with Gasteiger partial charge in [0.15, 0.2) is 5.96 Å². The molecule has 0 radical (unpaired) electrons. The van der Waals surface area contributed by atoms with Gasteiger partial charge in [0.25, 0.3) is 0 Å². The second-order valence-corrected chi connectivity index (χ2v) is 7.69. The minimum absolute atomic E-state index is 0. The Kier molecular flexibility index (Phi) is 11.2. The summed E-state index contributed by atoms with van der Waals surface area (Å²) >= 11 is 0. The Labute approximate surface area is 197 Å². The molecule has 0 aromatic heterocycles. The summed E-state index contributed by atoms with van der Waals surface area (Å²) in [5.74, 6) is 2.30. The molecule has 2 saturated heterocycles. The monoisotopic (exact) mass is 532 g/mol. The summed E-state index contributed by atoms with van der Waals surface area (Å²) in [6, 6.07) is 6.75. The lowest BCUT2D eigenvalue weighted by molar-refractivity contribution is 0.00246. The minimum atomic E-state index is 0. The normalized spacial score (nSPS) is 21.0. The van der Waals surface area contributed by atoms with Crippen LogP contribution in [0.1, 0.15) is 24.5 Å². The van der Waals surface area contributed by atoms with Crippen molar-refractivity contribution >= 4 is 29.9 Å². The molecule has 30 heavy (non-hydrogen) atoms. The first-order valence-corrected chi connectivity index (χ1v) is 10.8. The van der Waals surface area contributed by atoms with E-state index < -0.39 is 0 Å². The lowest BCUT2D eigenvalue weighted by Gasteiger charge is -2.37. The van der Waals surface area contributed by atoms with Crippen LogP contribution in [0.15, 0.2) is 23.2 Å². The van der Waals surface area contributed by atoms with Crippen molar-refractivity contribution in [3.8, 4) is 5.75 Å². The van der Waals surface area contributed by atoms with E-state index >= 15 is 0 Å². The van der Waals surface area contributed by atoms with Crippen LogP contribution < -0.4 is 15.4 Å². The predicted molar refractivity (Wildman–Crippen MR) is 131 cm³/mol. The summed E-state index contributed by atoms with van der Waals surface area (Å²) in [6.07, 6.45) is 1.12. The van der Waals surface area contributed by atoms with Gasteiger partial charge in [0.1, 0.15) is 5.75 Å². The summed E-state index contributed by atoms with van der Waals surface area (Å²) in [7, 11) is 1.82. The van der Waals surface area contributed by atoms with E-state index in [2.05, 4.69) is 45.6 Å². The van der Waals surface area contributed by atoms with Crippen molar-refractivity contribution in [1.29, 1.82) is 0 Å². The Morgan fingerprint density at radius 1 is 1.23 bits per heavy atom. The molecule has 0 aliphatic carbocycles. The zero-order valence-corrected chi connectivity index (χ0v) is 20.8. The largest absolute Gasteiger partial charge is 0.494 e. The van der Waals surface area contributed by atoms with Crippen LogP contribution in [0.5, 0.6) is 5.75 Å². The van der Waals surface area contributed by atoms with Gasteiger partial charge in [-0.1, -0.05) is 12.1 Å². The smallest absolute Gasteiger partial charge is 0.191 e. The van der Waals surface area contributed by atoms with E-state index in [1.54, 1.807) is 0 Å². The zero-order valence-electron chi connectivity index (χ0n) is 18.5. The van der Waals surface area contributed by atoms with Crippen LogP contribution in [-0.4, -0.2) is 76.6 Å². The lowest BCUT2D eigenvalue weighted by Crippen LogP contribution is -2.53. The topological polar surface area (TPSA) is 67.3 Å².